The summed E-state index contributed by atoms with van der Waals surface area (Å²) in [6.45, 7) is 4.84. The predicted molar refractivity (Wildman–Crippen MR) is 86.9 cm³/mol. The number of hydrogen-bond donors (Lipinski definition) is 1. The number of hydrogen-bond acceptors (Lipinski definition) is 3. The molecule has 0 atom stereocenters. The summed E-state index contributed by atoms with van der Waals surface area (Å²) < 4.78 is 0. The van der Waals surface area contributed by atoms with Gasteiger partial charge in [0.2, 0.25) is 0 Å². The maximum atomic E-state index is 12.6. The molecule has 0 spiro atoms. The standard InChI is InChI=1S/C17H21N3O/c1-4-10-18-16-12-14(11-13(2)19-16)17(21)20(3)15-8-6-5-7-9-15/h5-9,11-12H,4,10H2,1-3H3,(H,18,19). The van der Waals surface area contributed by atoms with E-state index in [2.05, 4.69) is 17.2 Å². The fraction of sp³-hybridized carbons (Fsp3) is 0.294. The molecule has 4 heteroatoms. The third-order valence-electron chi connectivity index (χ3n) is 3.20. The highest BCUT2D eigenvalue weighted by Crippen LogP contribution is 2.17. The number of anilines is 2. The summed E-state index contributed by atoms with van der Waals surface area (Å²) in [6.07, 6.45) is 1.02. The van der Waals surface area contributed by atoms with Gasteiger partial charge in [-0.1, -0.05) is 25.1 Å². The topological polar surface area (TPSA) is 45.2 Å². The Balaban J connectivity index is 2.24. The zero-order valence-electron chi connectivity index (χ0n) is 12.8. The molecule has 110 valence electrons. The summed E-state index contributed by atoms with van der Waals surface area (Å²) in [5.74, 6) is 0.716. The van der Waals surface area contributed by atoms with Crippen LogP contribution in [0.25, 0.3) is 0 Å². The highest BCUT2D eigenvalue weighted by atomic mass is 16.2. The van der Waals surface area contributed by atoms with Crippen LogP contribution in [0.1, 0.15) is 29.4 Å². The molecule has 4 nitrogen and oxygen atoms in total. The van der Waals surface area contributed by atoms with Crippen LogP contribution < -0.4 is 10.2 Å². The lowest BCUT2D eigenvalue weighted by Gasteiger charge is -2.18. The van der Waals surface area contributed by atoms with E-state index >= 15 is 0 Å². The fourth-order valence-electron chi connectivity index (χ4n) is 2.10. The Labute approximate surface area is 125 Å². The van der Waals surface area contributed by atoms with Crippen molar-refractivity contribution in [3.8, 4) is 0 Å². The molecule has 0 aliphatic carbocycles. The second-order valence-corrected chi connectivity index (χ2v) is 5.01. The molecule has 0 saturated heterocycles. The van der Waals surface area contributed by atoms with Crippen LogP contribution >= 0.6 is 0 Å². The minimum absolute atomic E-state index is 0.0359. The second-order valence-electron chi connectivity index (χ2n) is 5.01. The van der Waals surface area contributed by atoms with Crippen molar-refractivity contribution in [2.75, 3.05) is 23.8 Å². The summed E-state index contributed by atoms with van der Waals surface area (Å²) in [6, 6.07) is 13.2. The summed E-state index contributed by atoms with van der Waals surface area (Å²) >= 11 is 0. The average molecular weight is 283 g/mol. The molecular weight excluding hydrogens is 262 g/mol. The predicted octanol–water partition coefficient (Wildman–Crippen LogP) is 3.49. The Kier molecular flexibility index (Phi) is 4.93. The van der Waals surface area contributed by atoms with Gasteiger partial charge in [0.05, 0.1) is 0 Å². The third kappa shape index (κ3) is 3.81. The number of nitrogens with one attached hydrogen (secondary N) is 1. The number of pyridine rings is 1. The molecule has 2 rings (SSSR count). The Morgan fingerprint density at radius 1 is 1.24 bits per heavy atom. The lowest BCUT2D eigenvalue weighted by atomic mass is 10.2. The molecule has 0 unspecified atom stereocenters. The van der Waals surface area contributed by atoms with E-state index in [1.54, 1.807) is 11.9 Å². The Morgan fingerprint density at radius 3 is 2.62 bits per heavy atom. The van der Waals surface area contributed by atoms with Gasteiger partial charge in [0.25, 0.3) is 5.91 Å². The van der Waals surface area contributed by atoms with Gasteiger partial charge >= 0.3 is 0 Å². The molecule has 0 saturated carbocycles. The van der Waals surface area contributed by atoms with Crippen molar-refractivity contribution in [3.05, 3.63) is 53.7 Å². The van der Waals surface area contributed by atoms with E-state index < -0.39 is 0 Å². The number of amides is 1. The molecule has 1 N–H and O–H groups in total. The normalized spacial score (nSPS) is 10.2. The van der Waals surface area contributed by atoms with E-state index in [1.807, 2.05) is 49.4 Å². The van der Waals surface area contributed by atoms with Crippen molar-refractivity contribution in [1.29, 1.82) is 0 Å². The Morgan fingerprint density at radius 2 is 1.95 bits per heavy atom. The molecule has 0 aliphatic heterocycles. The number of carbonyl (C=O) groups is 1. The summed E-state index contributed by atoms with van der Waals surface area (Å²) in [5.41, 5.74) is 2.36. The van der Waals surface area contributed by atoms with E-state index in [0.29, 0.717) is 5.56 Å². The van der Waals surface area contributed by atoms with Crippen LogP contribution in [-0.2, 0) is 0 Å². The lowest BCUT2D eigenvalue weighted by Crippen LogP contribution is -2.26. The first-order valence-corrected chi connectivity index (χ1v) is 7.17. The lowest BCUT2D eigenvalue weighted by molar-refractivity contribution is 0.0993. The van der Waals surface area contributed by atoms with E-state index in [-0.39, 0.29) is 5.91 Å². The van der Waals surface area contributed by atoms with Gasteiger partial charge in [0.1, 0.15) is 5.82 Å². The van der Waals surface area contributed by atoms with Gasteiger partial charge in [0.15, 0.2) is 0 Å². The molecule has 0 aliphatic rings. The van der Waals surface area contributed by atoms with Crippen molar-refractivity contribution in [2.24, 2.45) is 0 Å². The number of aryl methyl sites for hydroxylation is 1. The largest absolute Gasteiger partial charge is 0.370 e. The second kappa shape index (κ2) is 6.88. The van der Waals surface area contributed by atoms with E-state index in [1.165, 1.54) is 0 Å². The first kappa shape index (κ1) is 15.0. The number of nitrogens with zero attached hydrogens (tertiary/aromatic N) is 2. The number of aromatic nitrogens is 1. The zero-order chi connectivity index (χ0) is 15.2. The first-order valence-electron chi connectivity index (χ1n) is 7.17. The molecular formula is C17H21N3O. The van der Waals surface area contributed by atoms with E-state index in [9.17, 15) is 4.79 Å². The van der Waals surface area contributed by atoms with E-state index in [0.717, 1.165) is 30.2 Å². The van der Waals surface area contributed by atoms with Gasteiger partial charge in [0, 0.05) is 30.5 Å². The van der Waals surface area contributed by atoms with Crippen LogP contribution in [0.5, 0.6) is 0 Å². The quantitative estimate of drug-likeness (QED) is 0.913. The maximum absolute atomic E-state index is 12.6. The van der Waals surface area contributed by atoms with Crippen LogP contribution in [-0.4, -0.2) is 24.5 Å². The minimum Gasteiger partial charge on any atom is -0.370 e. The van der Waals surface area contributed by atoms with Crippen LogP contribution in [0.2, 0.25) is 0 Å². The van der Waals surface area contributed by atoms with Crippen molar-refractivity contribution in [3.63, 3.8) is 0 Å². The van der Waals surface area contributed by atoms with Gasteiger partial charge in [-0.15, -0.1) is 0 Å². The van der Waals surface area contributed by atoms with Crippen LogP contribution in [0.4, 0.5) is 11.5 Å². The highest BCUT2D eigenvalue weighted by molar-refractivity contribution is 6.06. The molecule has 0 fully saturated rings. The summed E-state index contributed by atoms with van der Waals surface area (Å²) in [5, 5.41) is 3.23. The monoisotopic (exact) mass is 283 g/mol. The first-order chi connectivity index (χ1) is 10.1. The highest BCUT2D eigenvalue weighted by Gasteiger charge is 2.14. The van der Waals surface area contributed by atoms with Crippen molar-refractivity contribution >= 4 is 17.4 Å². The zero-order valence-corrected chi connectivity index (χ0v) is 12.8. The molecule has 1 amide bonds. The van der Waals surface area contributed by atoms with Crippen molar-refractivity contribution in [2.45, 2.75) is 20.3 Å². The molecule has 1 aromatic carbocycles. The number of carbonyl (C=O) groups excluding carboxylic acids is 1. The maximum Gasteiger partial charge on any atom is 0.258 e. The van der Waals surface area contributed by atoms with Gasteiger partial charge in [-0.25, -0.2) is 4.98 Å². The summed E-state index contributed by atoms with van der Waals surface area (Å²) in [7, 11) is 1.78. The van der Waals surface area contributed by atoms with Gasteiger partial charge in [-0.05, 0) is 37.6 Å². The number of para-hydroxylation sites is 1. The smallest absolute Gasteiger partial charge is 0.258 e. The molecule has 21 heavy (non-hydrogen) atoms. The van der Waals surface area contributed by atoms with Crippen LogP contribution in [0.3, 0.4) is 0 Å². The third-order valence-corrected chi connectivity index (χ3v) is 3.20. The average Bonchev–Trinajstić information content (AvgIpc) is 2.51. The van der Waals surface area contributed by atoms with E-state index in [4.69, 9.17) is 0 Å². The van der Waals surface area contributed by atoms with Gasteiger partial charge in [-0.2, -0.15) is 0 Å². The fourth-order valence-corrected chi connectivity index (χ4v) is 2.10. The minimum atomic E-state index is -0.0359. The molecule has 0 radical (unpaired) electrons. The Hall–Kier alpha value is -2.36. The number of rotatable bonds is 5. The van der Waals surface area contributed by atoms with Gasteiger partial charge < -0.3 is 10.2 Å². The van der Waals surface area contributed by atoms with Crippen LogP contribution in [0.15, 0.2) is 42.5 Å². The van der Waals surface area contributed by atoms with Crippen molar-refractivity contribution < 1.29 is 4.79 Å². The molecule has 1 heterocycles. The molecule has 0 bridgehead atoms. The van der Waals surface area contributed by atoms with Crippen molar-refractivity contribution in [1.82, 2.24) is 4.98 Å². The molecule has 1 aromatic heterocycles. The summed E-state index contributed by atoms with van der Waals surface area (Å²) in [4.78, 5) is 18.6. The number of benzene rings is 1. The van der Waals surface area contributed by atoms with Gasteiger partial charge in [-0.3, -0.25) is 4.79 Å². The SMILES string of the molecule is CCCNc1cc(C(=O)N(C)c2ccccc2)cc(C)n1. The molecule has 2 aromatic rings. The Bertz CT molecular complexity index is 611. The van der Waals surface area contributed by atoms with Crippen LogP contribution in [0, 0.1) is 6.92 Å².